The second kappa shape index (κ2) is 9.00. The molecule has 2 fully saturated rings. The minimum Gasteiger partial charge on any atom is -0.388 e. The Morgan fingerprint density at radius 3 is 2.35 bits per heavy atom. The third kappa shape index (κ3) is 4.37. The largest absolute Gasteiger partial charge is 0.417 e. The van der Waals surface area contributed by atoms with Gasteiger partial charge in [-0.1, -0.05) is 13.8 Å². The summed E-state index contributed by atoms with van der Waals surface area (Å²) in [5.41, 5.74) is 3.41. The molecule has 6 rings (SSSR count). The summed E-state index contributed by atoms with van der Waals surface area (Å²) in [5, 5.41) is 11.5. The Morgan fingerprint density at radius 1 is 1.00 bits per heavy atom. The molecule has 6 nitrogen and oxygen atoms in total. The Balaban J connectivity index is 1.58. The molecule has 1 spiro atoms. The van der Waals surface area contributed by atoms with Crippen molar-refractivity contribution < 1.29 is 32.5 Å². The molecule has 5 heterocycles. The maximum absolute atomic E-state index is 13.3. The second-order valence-electron chi connectivity index (χ2n) is 11.7. The molecule has 1 aliphatic carbocycles. The quantitative estimate of drug-likeness (QED) is 0.565. The number of pyridine rings is 2. The van der Waals surface area contributed by atoms with Crippen LogP contribution in [0.15, 0.2) is 18.3 Å². The van der Waals surface area contributed by atoms with Gasteiger partial charge in [-0.15, -0.1) is 0 Å². The lowest BCUT2D eigenvalue weighted by molar-refractivity contribution is -0.138. The van der Waals surface area contributed by atoms with E-state index < -0.39 is 29.5 Å². The van der Waals surface area contributed by atoms with E-state index in [9.17, 15) is 18.3 Å². The minimum absolute atomic E-state index is 0.0999. The van der Waals surface area contributed by atoms with Gasteiger partial charge in [-0.05, 0) is 48.8 Å². The van der Waals surface area contributed by atoms with Gasteiger partial charge >= 0.3 is 6.18 Å². The van der Waals surface area contributed by atoms with Crippen LogP contribution in [-0.4, -0.2) is 41.5 Å². The fourth-order valence-corrected chi connectivity index (χ4v) is 6.72. The van der Waals surface area contributed by atoms with Crippen molar-refractivity contribution in [1.82, 2.24) is 9.97 Å². The van der Waals surface area contributed by atoms with E-state index in [1.54, 1.807) is 0 Å². The third-order valence-corrected chi connectivity index (χ3v) is 8.46. The van der Waals surface area contributed by atoms with Gasteiger partial charge in [0.25, 0.3) is 0 Å². The first kappa shape index (κ1) is 25.2. The SMILES string of the molecule is CC1(C)Cc2nc(C3CCOCC3)c3c(c2C(O)C1)C1(CCOCC1)O[C@@H]3c1ccc(C(F)(F)F)cn1. The Hall–Kier alpha value is -2.07. The lowest BCUT2D eigenvalue weighted by Gasteiger charge is -2.40. The molecule has 0 amide bonds. The van der Waals surface area contributed by atoms with Crippen LogP contribution in [0, 0.1) is 5.41 Å². The second-order valence-corrected chi connectivity index (χ2v) is 11.7. The van der Waals surface area contributed by atoms with Crippen molar-refractivity contribution in [2.75, 3.05) is 26.4 Å². The zero-order valence-corrected chi connectivity index (χ0v) is 21.2. The molecule has 0 radical (unpaired) electrons. The molecule has 2 aromatic rings. The first-order valence-electron chi connectivity index (χ1n) is 13.2. The summed E-state index contributed by atoms with van der Waals surface area (Å²) in [6, 6.07) is 2.49. The third-order valence-electron chi connectivity index (χ3n) is 8.46. The molecule has 0 aromatic carbocycles. The van der Waals surface area contributed by atoms with Gasteiger partial charge in [0, 0.05) is 68.2 Å². The van der Waals surface area contributed by atoms with E-state index in [1.165, 1.54) is 6.07 Å². The molecular formula is C28H33F3N2O4. The highest BCUT2D eigenvalue weighted by atomic mass is 19.4. The zero-order chi connectivity index (χ0) is 26.0. The van der Waals surface area contributed by atoms with Crippen LogP contribution in [0.1, 0.15) is 103 Å². The molecule has 2 atom stereocenters. The highest BCUT2D eigenvalue weighted by Crippen LogP contribution is 2.57. The van der Waals surface area contributed by atoms with Gasteiger partial charge in [-0.25, -0.2) is 0 Å². The van der Waals surface area contributed by atoms with Crippen LogP contribution >= 0.6 is 0 Å². The van der Waals surface area contributed by atoms with Gasteiger partial charge in [0.15, 0.2) is 0 Å². The van der Waals surface area contributed by atoms with Crippen LogP contribution in [-0.2, 0) is 32.4 Å². The summed E-state index contributed by atoms with van der Waals surface area (Å²) in [6.45, 7) is 6.59. The normalized spacial score (nSPS) is 27.2. The van der Waals surface area contributed by atoms with Crippen LogP contribution < -0.4 is 0 Å². The van der Waals surface area contributed by atoms with Crippen LogP contribution in [0.2, 0.25) is 0 Å². The Bertz CT molecular complexity index is 1170. The van der Waals surface area contributed by atoms with Crippen LogP contribution in [0.3, 0.4) is 0 Å². The highest BCUT2D eigenvalue weighted by molar-refractivity contribution is 5.54. The number of aliphatic hydroxyl groups excluding tert-OH is 1. The van der Waals surface area contributed by atoms with E-state index in [4.69, 9.17) is 19.2 Å². The first-order valence-corrected chi connectivity index (χ1v) is 13.2. The maximum Gasteiger partial charge on any atom is 0.417 e. The Labute approximate surface area is 214 Å². The van der Waals surface area contributed by atoms with Gasteiger partial charge in [-0.2, -0.15) is 13.2 Å². The monoisotopic (exact) mass is 518 g/mol. The number of ether oxygens (including phenoxy) is 3. The molecule has 37 heavy (non-hydrogen) atoms. The van der Waals surface area contributed by atoms with Crippen molar-refractivity contribution in [3.63, 3.8) is 0 Å². The van der Waals surface area contributed by atoms with E-state index in [0.717, 1.165) is 59.6 Å². The summed E-state index contributed by atoms with van der Waals surface area (Å²) in [4.78, 5) is 9.48. The Morgan fingerprint density at radius 2 is 1.70 bits per heavy atom. The number of hydrogen-bond donors (Lipinski definition) is 1. The van der Waals surface area contributed by atoms with Crippen LogP contribution in [0.4, 0.5) is 13.2 Å². The molecule has 4 aliphatic rings. The average molecular weight is 519 g/mol. The molecular weight excluding hydrogens is 485 g/mol. The fraction of sp³-hybridized carbons (Fsp3) is 0.643. The minimum atomic E-state index is -4.47. The lowest BCUT2D eigenvalue weighted by atomic mass is 9.69. The number of halogens is 3. The van der Waals surface area contributed by atoms with E-state index in [1.807, 2.05) is 0 Å². The van der Waals surface area contributed by atoms with Gasteiger partial charge in [0.1, 0.15) is 6.10 Å². The first-order chi connectivity index (χ1) is 17.6. The molecule has 200 valence electrons. The maximum atomic E-state index is 13.3. The van der Waals surface area contributed by atoms with E-state index in [-0.39, 0.29) is 11.3 Å². The van der Waals surface area contributed by atoms with Gasteiger partial charge in [0.2, 0.25) is 0 Å². The molecule has 0 saturated carbocycles. The Kier molecular flexibility index (Phi) is 6.14. The predicted octanol–water partition coefficient (Wildman–Crippen LogP) is 5.52. The number of aliphatic hydroxyl groups is 1. The topological polar surface area (TPSA) is 73.7 Å². The number of hydrogen-bond acceptors (Lipinski definition) is 6. The number of fused-ring (bicyclic) bond motifs is 4. The summed E-state index contributed by atoms with van der Waals surface area (Å²) < 4.78 is 58.1. The highest BCUT2D eigenvalue weighted by Gasteiger charge is 2.53. The van der Waals surface area contributed by atoms with Crippen molar-refractivity contribution in [1.29, 1.82) is 0 Å². The molecule has 1 N–H and O–H groups in total. The van der Waals surface area contributed by atoms with Crippen molar-refractivity contribution >= 4 is 0 Å². The summed E-state index contributed by atoms with van der Waals surface area (Å²) in [6.07, 6.45) is -0.731. The van der Waals surface area contributed by atoms with Crippen LogP contribution in [0.25, 0.3) is 0 Å². The van der Waals surface area contributed by atoms with Crippen molar-refractivity contribution in [2.24, 2.45) is 5.41 Å². The molecule has 3 aliphatic heterocycles. The van der Waals surface area contributed by atoms with Crippen molar-refractivity contribution in [2.45, 2.75) is 82.3 Å². The van der Waals surface area contributed by atoms with Gasteiger partial charge < -0.3 is 19.3 Å². The van der Waals surface area contributed by atoms with E-state index in [2.05, 4.69) is 18.8 Å². The number of aromatic nitrogens is 2. The predicted molar refractivity (Wildman–Crippen MR) is 128 cm³/mol. The smallest absolute Gasteiger partial charge is 0.388 e. The summed E-state index contributed by atoms with van der Waals surface area (Å²) in [7, 11) is 0. The van der Waals surface area contributed by atoms with Crippen molar-refractivity contribution in [3.05, 3.63) is 57.7 Å². The summed E-state index contributed by atoms with van der Waals surface area (Å²) in [5.74, 6) is 0.144. The fourth-order valence-electron chi connectivity index (χ4n) is 6.72. The molecule has 9 heteroatoms. The molecule has 2 aromatic heterocycles. The molecule has 2 saturated heterocycles. The number of alkyl halides is 3. The van der Waals surface area contributed by atoms with Crippen LogP contribution in [0.5, 0.6) is 0 Å². The number of nitrogens with zero attached hydrogens (tertiary/aromatic N) is 2. The van der Waals surface area contributed by atoms with E-state index >= 15 is 0 Å². The lowest BCUT2D eigenvalue weighted by Crippen LogP contribution is -2.37. The number of rotatable bonds is 2. The van der Waals surface area contributed by atoms with Crippen molar-refractivity contribution in [3.8, 4) is 0 Å². The standard InChI is InChI=1S/C28H33F3N2O4/c1-26(2)13-19-21(20(34)14-26)23-22(24(33-19)16-5-9-35-10-6-16)25(37-27(23)7-11-36-12-8-27)18-4-3-17(15-32-18)28(29,30)31/h3-4,15-16,20,25,34H,5-14H2,1-2H3/t20?,25-/m1/s1. The molecule has 1 unspecified atom stereocenters. The van der Waals surface area contributed by atoms with Gasteiger partial charge in [-0.3, -0.25) is 9.97 Å². The molecule has 0 bridgehead atoms. The zero-order valence-electron chi connectivity index (χ0n) is 21.2. The average Bonchev–Trinajstić information content (AvgIpc) is 3.17. The van der Waals surface area contributed by atoms with Gasteiger partial charge in [0.05, 0.1) is 28.7 Å². The summed E-state index contributed by atoms with van der Waals surface area (Å²) >= 11 is 0. The van der Waals surface area contributed by atoms with E-state index in [0.29, 0.717) is 51.4 Å².